The lowest BCUT2D eigenvalue weighted by Crippen LogP contribution is -2.34. The van der Waals surface area contributed by atoms with Crippen LogP contribution in [-0.4, -0.2) is 29.4 Å². The molecule has 1 aromatic carbocycles. The average molecular weight is 330 g/mol. The standard InChI is InChI=1S/C20H26O4/c21-19(22)11-7-2-1-6-10-16-17-12-13-18(24-17)20(16)23-14-15-8-4-3-5-9-15/h1,3-6,8-9,16-18,20H,2,7,10-14H2,(H,21,22)/b6-1-/t16-,17+,18-,20+/m1/s1. The van der Waals surface area contributed by atoms with E-state index in [0.717, 1.165) is 25.7 Å². The van der Waals surface area contributed by atoms with Gasteiger partial charge in [0.2, 0.25) is 0 Å². The molecule has 130 valence electrons. The maximum atomic E-state index is 10.5. The summed E-state index contributed by atoms with van der Waals surface area (Å²) < 4.78 is 12.3. The minimum Gasteiger partial charge on any atom is -0.481 e. The van der Waals surface area contributed by atoms with Gasteiger partial charge in [-0.3, -0.25) is 4.79 Å². The highest BCUT2D eigenvalue weighted by Crippen LogP contribution is 2.42. The normalized spacial score (nSPS) is 28.7. The van der Waals surface area contributed by atoms with E-state index < -0.39 is 5.97 Å². The van der Waals surface area contributed by atoms with Gasteiger partial charge in [-0.25, -0.2) is 0 Å². The second kappa shape index (κ2) is 8.45. The third-order valence-corrected chi connectivity index (χ3v) is 4.97. The molecule has 4 heteroatoms. The Morgan fingerprint density at radius 2 is 2.00 bits per heavy atom. The number of ether oxygens (including phenoxy) is 2. The number of hydrogen-bond acceptors (Lipinski definition) is 3. The summed E-state index contributed by atoms with van der Waals surface area (Å²) in [5.41, 5.74) is 1.20. The Hall–Kier alpha value is -1.65. The van der Waals surface area contributed by atoms with Crippen LogP contribution in [-0.2, 0) is 20.9 Å². The largest absolute Gasteiger partial charge is 0.481 e. The highest BCUT2D eigenvalue weighted by molar-refractivity contribution is 5.66. The molecule has 0 amide bonds. The fraction of sp³-hybridized carbons (Fsp3) is 0.550. The van der Waals surface area contributed by atoms with Gasteiger partial charge in [-0.15, -0.1) is 0 Å². The van der Waals surface area contributed by atoms with Gasteiger partial charge in [0.15, 0.2) is 0 Å². The molecule has 4 atom stereocenters. The third-order valence-electron chi connectivity index (χ3n) is 4.97. The van der Waals surface area contributed by atoms with Crippen LogP contribution in [0, 0.1) is 5.92 Å². The van der Waals surface area contributed by atoms with Crippen molar-refractivity contribution in [2.75, 3.05) is 0 Å². The molecule has 0 unspecified atom stereocenters. The van der Waals surface area contributed by atoms with Crippen molar-refractivity contribution in [3.05, 3.63) is 48.0 Å². The summed E-state index contributed by atoms with van der Waals surface area (Å²) in [5.74, 6) is -0.303. The minimum absolute atomic E-state index is 0.174. The highest BCUT2D eigenvalue weighted by atomic mass is 16.6. The van der Waals surface area contributed by atoms with Crippen molar-refractivity contribution in [1.29, 1.82) is 0 Å². The molecule has 0 aromatic heterocycles. The summed E-state index contributed by atoms with van der Waals surface area (Å²) in [5, 5.41) is 8.64. The van der Waals surface area contributed by atoms with Crippen LogP contribution >= 0.6 is 0 Å². The van der Waals surface area contributed by atoms with Gasteiger partial charge in [-0.2, -0.15) is 0 Å². The van der Waals surface area contributed by atoms with Crippen LogP contribution in [0.1, 0.15) is 44.1 Å². The molecule has 2 fully saturated rings. The maximum absolute atomic E-state index is 10.5. The van der Waals surface area contributed by atoms with E-state index >= 15 is 0 Å². The fourth-order valence-electron chi connectivity index (χ4n) is 3.76. The molecule has 0 spiro atoms. The molecule has 3 rings (SSSR count). The molecular formula is C20H26O4. The lowest BCUT2D eigenvalue weighted by molar-refractivity contribution is -0.137. The van der Waals surface area contributed by atoms with Crippen LogP contribution in [0.3, 0.4) is 0 Å². The Labute approximate surface area is 143 Å². The molecule has 0 aliphatic carbocycles. The van der Waals surface area contributed by atoms with E-state index in [9.17, 15) is 4.79 Å². The summed E-state index contributed by atoms with van der Waals surface area (Å²) in [7, 11) is 0. The average Bonchev–Trinajstić information content (AvgIpc) is 3.18. The van der Waals surface area contributed by atoms with E-state index in [0.29, 0.717) is 25.0 Å². The van der Waals surface area contributed by atoms with Crippen LogP contribution < -0.4 is 0 Å². The van der Waals surface area contributed by atoms with Gasteiger partial charge in [0.1, 0.15) is 0 Å². The summed E-state index contributed by atoms with van der Waals surface area (Å²) in [6, 6.07) is 10.3. The summed E-state index contributed by atoms with van der Waals surface area (Å²) >= 11 is 0. The van der Waals surface area contributed by atoms with E-state index in [1.807, 2.05) is 18.2 Å². The monoisotopic (exact) mass is 330 g/mol. The zero-order valence-corrected chi connectivity index (χ0v) is 14.0. The predicted molar refractivity (Wildman–Crippen MR) is 91.6 cm³/mol. The molecule has 2 saturated heterocycles. The molecule has 1 aromatic rings. The second-order valence-corrected chi connectivity index (χ2v) is 6.71. The zero-order chi connectivity index (χ0) is 16.8. The molecule has 4 nitrogen and oxygen atoms in total. The number of rotatable bonds is 9. The fourth-order valence-corrected chi connectivity index (χ4v) is 3.76. The van der Waals surface area contributed by atoms with Crippen molar-refractivity contribution in [3.8, 4) is 0 Å². The molecule has 24 heavy (non-hydrogen) atoms. The quantitative estimate of drug-likeness (QED) is 0.550. The number of aliphatic carboxylic acids is 1. The van der Waals surface area contributed by atoms with Gasteiger partial charge in [0, 0.05) is 12.3 Å². The van der Waals surface area contributed by atoms with Gasteiger partial charge in [-0.05, 0) is 37.7 Å². The molecule has 2 heterocycles. The molecule has 2 bridgehead atoms. The van der Waals surface area contributed by atoms with E-state index in [2.05, 4.69) is 24.3 Å². The Morgan fingerprint density at radius 1 is 1.21 bits per heavy atom. The molecule has 2 aliphatic rings. The van der Waals surface area contributed by atoms with Crippen molar-refractivity contribution >= 4 is 5.97 Å². The third kappa shape index (κ3) is 4.46. The van der Waals surface area contributed by atoms with Crippen LogP contribution in [0.5, 0.6) is 0 Å². The van der Waals surface area contributed by atoms with Crippen molar-refractivity contribution < 1.29 is 19.4 Å². The Bertz CT molecular complexity index is 554. The maximum Gasteiger partial charge on any atom is 0.303 e. The first-order valence-electron chi connectivity index (χ1n) is 8.92. The lowest BCUT2D eigenvalue weighted by Gasteiger charge is -2.27. The summed E-state index contributed by atoms with van der Waals surface area (Å²) in [6.07, 6.45) is 9.96. The van der Waals surface area contributed by atoms with Crippen molar-refractivity contribution in [1.82, 2.24) is 0 Å². The second-order valence-electron chi connectivity index (χ2n) is 6.71. The Balaban J connectivity index is 1.47. The number of benzene rings is 1. The first kappa shape index (κ1) is 17.2. The molecule has 1 N–H and O–H groups in total. The van der Waals surface area contributed by atoms with Crippen LogP contribution in [0.15, 0.2) is 42.5 Å². The van der Waals surface area contributed by atoms with Gasteiger partial charge in [0.25, 0.3) is 0 Å². The Morgan fingerprint density at radius 3 is 2.79 bits per heavy atom. The number of fused-ring (bicyclic) bond motifs is 2. The van der Waals surface area contributed by atoms with E-state index in [4.69, 9.17) is 14.6 Å². The molecular weight excluding hydrogens is 304 g/mol. The predicted octanol–water partition coefficient (Wildman–Crippen LogP) is 3.95. The zero-order valence-electron chi connectivity index (χ0n) is 14.0. The van der Waals surface area contributed by atoms with Crippen molar-refractivity contribution in [3.63, 3.8) is 0 Å². The first-order valence-corrected chi connectivity index (χ1v) is 8.92. The molecule has 0 saturated carbocycles. The number of allylic oxidation sites excluding steroid dienone is 2. The van der Waals surface area contributed by atoms with Gasteiger partial charge < -0.3 is 14.6 Å². The van der Waals surface area contributed by atoms with Crippen LogP contribution in [0.2, 0.25) is 0 Å². The number of carboxylic acid groups (broad SMARTS) is 1. The lowest BCUT2D eigenvalue weighted by atomic mass is 9.84. The van der Waals surface area contributed by atoms with Gasteiger partial charge >= 0.3 is 5.97 Å². The summed E-state index contributed by atoms with van der Waals surface area (Å²) in [6.45, 7) is 0.636. The van der Waals surface area contributed by atoms with Crippen molar-refractivity contribution in [2.45, 2.75) is 63.4 Å². The smallest absolute Gasteiger partial charge is 0.303 e. The van der Waals surface area contributed by atoms with Crippen LogP contribution in [0.4, 0.5) is 0 Å². The van der Waals surface area contributed by atoms with Crippen LogP contribution in [0.25, 0.3) is 0 Å². The highest BCUT2D eigenvalue weighted by Gasteiger charge is 2.48. The van der Waals surface area contributed by atoms with Crippen molar-refractivity contribution in [2.24, 2.45) is 5.92 Å². The minimum atomic E-state index is -0.723. The number of carboxylic acids is 1. The topological polar surface area (TPSA) is 55.8 Å². The van der Waals surface area contributed by atoms with Gasteiger partial charge in [-0.1, -0.05) is 42.5 Å². The van der Waals surface area contributed by atoms with E-state index in [1.54, 1.807) is 0 Å². The molecule has 0 radical (unpaired) electrons. The molecule has 2 aliphatic heterocycles. The van der Waals surface area contributed by atoms with Gasteiger partial charge in [0.05, 0.1) is 24.9 Å². The number of unbranched alkanes of at least 4 members (excludes halogenated alkanes) is 1. The number of carbonyl (C=O) groups is 1. The Kier molecular flexibility index (Phi) is 6.05. The van der Waals surface area contributed by atoms with E-state index in [-0.39, 0.29) is 18.6 Å². The van der Waals surface area contributed by atoms with E-state index in [1.165, 1.54) is 5.56 Å². The number of hydrogen-bond donors (Lipinski definition) is 1. The summed E-state index contributed by atoms with van der Waals surface area (Å²) in [4.78, 5) is 10.5. The first-order chi connectivity index (χ1) is 11.7. The SMILES string of the molecule is O=C(O)CCC/C=C\C[C@H]1[C@H](OCc2ccccc2)[C@H]2CC[C@@H]1O2.